The first-order valence-electron chi connectivity index (χ1n) is 8.82. The highest BCUT2D eigenvalue weighted by atomic mass is 35.5. The van der Waals surface area contributed by atoms with E-state index in [1.165, 1.54) is 16.4 Å². The van der Waals surface area contributed by atoms with Crippen LogP contribution in [-0.4, -0.2) is 31.7 Å². The summed E-state index contributed by atoms with van der Waals surface area (Å²) in [6.45, 7) is 0.213. The predicted molar refractivity (Wildman–Crippen MR) is 103 cm³/mol. The van der Waals surface area contributed by atoms with Crippen molar-refractivity contribution in [1.82, 2.24) is 4.31 Å². The lowest BCUT2D eigenvalue weighted by molar-refractivity contribution is -0.137. The minimum absolute atomic E-state index is 0.0316. The summed E-state index contributed by atoms with van der Waals surface area (Å²) in [6, 6.07) is 10.5. The van der Waals surface area contributed by atoms with E-state index >= 15 is 0 Å². The zero-order chi connectivity index (χ0) is 21.2. The third kappa shape index (κ3) is 4.91. The number of rotatable bonds is 4. The molecule has 0 bridgehead atoms. The monoisotopic (exact) mass is 446 g/mol. The van der Waals surface area contributed by atoms with Crippen molar-refractivity contribution in [3.8, 4) is 0 Å². The second-order valence-electron chi connectivity index (χ2n) is 6.70. The van der Waals surface area contributed by atoms with Gasteiger partial charge in [0.25, 0.3) is 0 Å². The summed E-state index contributed by atoms with van der Waals surface area (Å²) in [5.74, 6) is -1.27. The molecule has 1 aliphatic heterocycles. The maximum atomic E-state index is 12.9. The fraction of sp³-hybridized carbons (Fsp3) is 0.316. The quantitative estimate of drug-likeness (QED) is 0.757. The molecule has 0 radical (unpaired) electrons. The van der Waals surface area contributed by atoms with E-state index in [1.807, 2.05) is 0 Å². The number of benzene rings is 2. The minimum atomic E-state index is -4.57. The van der Waals surface area contributed by atoms with Crippen LogP contribution in [0.15, 0.2) is 53.4 Å². The zero-order valence-electron chi connectivity index (χ0n) is 15.1. The lowest BCUT2D eigenvalue weighted by Gasteiger charge is -2.31. The van der Waals surface area contributed by atoms with Crippen molar-refractivity contribution in [2.45, 2.75) is 23.9 Å². The number of piperidine rings is 1. The predicted octanol–water partition coefficient (Wildman–Crippen LogP) is 4.40. The van der Waals surface area contributed by atoms with Crippen molar-refractivity contribution in [3.63, 3.8) is 0 Å². The summed E-state index contributed by atoms with van der Waals surface area (Å²) in [5.41, 5.74) is -1.09. The van der Waals surface area contributed by atoms with Crippen molar-refractivity contribution < 1.29 is 26.4 Å². The molecule has 5 nitrogen and oxygen atoms in total. The summed E-state index contributed by atoms with van der Waals surface area (Å²) in [6.07, 6.45) is -3.70. The number of anilines is 1. The average molecular weight is 447 g/mol. The van der Waals surface area contributed by atoms with Gasteiger partial charge in [-0.25, -0.2) is 8.42 Å². The third-order valence-electron chi connectivity index (χ3n) is 4.69. The van der Waals surface area contributed by atoms with Gasteiger partial charge in [-0.3, -0.25) is 4.79 Å². The Balaban J connectivity index is 1.76. The number of alkyl halides is 3. The van der Waals surface area contributed by atoms with Gasteiger partial charge in [0.2, 0.25) is 15.9 Å². The van der Waals surface area contributed by atoms with Gasteiger partial charge in [-0.15, -0.1) is 0 Å². The highest BCUT2D eigenvalue weighted by molar-refractivity contribution is 7.89. The molecule has 1 fully saturated rings. The van der Waals surface area contributed by atoms with E-state index in [0.717, 1.165) is 18.2 Å². The molecule has 3 rings (SSSR count). The molecule has 1 unspecified atom stereocenters. The number of amides is 1. The van der Waals surface area contributed by atoms with Crippen molar-refractivity contribution in [2.24, 2.45) is 5.92 Å². The van der Waals surface area contributed by atoms with Crippen LogP contribution >= 0.6 is 11.6 Å². The molecule has 1 atom stereocenters. The van der Waals surface area contributed by atoms with Gasteiger partial charge in [-0.2, -0.15) is 17.5 Å². The van der Waals surface area contributed by atoms with Crippen molar-refractivity contribution >= 4 is 33.2 Å². The van der Waals surface area contributed by atoms with Crippen LogP contribution in [0.4, 0.5) is 18.9 Å². The van der Waals surface area contributed by atoms with Crippen LogP contribution in [0.1, 0.15) is 18.4 Å². The summed E-state index contributed by atoms with van der Waals surface area (Å²) in [4.78, 5) is 12.7. The number of nitrogens with zero attached hydrogens (tertiary/aromatic N) is 1. The minimum Gasteiger partial charge on any atom is -0.324 e. The van der Waals surface area contributed by atoms with Crippen LogP contribution in [-0.2, 0) is 21.0 Å². The van der Waals surface area contributed by atoms with Gasteiger partial charge in [-0.05, 0) is 43.2 Å². The van der Waals surface area contributed by atoms with Gasteiger partial charge in [0.05, 0.1) is 27.1 Å². The highest BCUT2D eigenvalue weighted by Gasteiger charge is 2.34. The number of halogens is 4. The van der Waals surface area contributed by atoms with Crippen molar-refractivity contribution in [2.75, 3.05) is 18.4 Å². The van der Waals surface area contributed by atoms with Crippen LogP contribution in [0.3, 0.4) is 0 Å². The molecular weight excluding hydrogens is 429 g/mol. The molecule has 1 N–H and O–H groups in total. The molecule has 0 spiro atoms. The Morgan fingerprint density at radius 1 is 1.14 bits per heavy atom. The van der Waals surface area contributed by atoms with E-state index in [4.69, 9.17) is 11.6 Å². The van der Waals surface area contributed by atoms with Gasteiger partial charge in [0.1, 0.15) is 0 Å². The molecule has 29 heavy (non-hydrogen) atoms. The van der Waals surface area contributed by atoms with Gasteiger partial charge in [0.15, 0.2) is 0 Å². The van der Waals surface area contributed by atoms with Crippen LogP contribution in [0.5, 0.6) is 0 Å². The molecular formula is C19H18ClF3N2O3S. The third-order valence-corrected chi connectivity index (χ3v) is 6.90. The first-order chi connectivity index (χ1) is 13.6. The fourth-order valence-corrected chi connectivity index (χ4v) is 4.86. The number of sulfonamides is 1. The molecule has 1 saturated heterocycles. The zero-order valence-corrected chi connectivity index (χ0v) is 16.7. The summed E-state index contributed by atoms with van der Waals surface area (Å²) < 4.78 is 65.5. The number of carbonyl (C=O) groups excluding carboxylic acids is 1. The Bertz CT molecular complexity index is 998. The molecule has 1 heterocycles. The van der Waals surface area contributed by atoms with E-state index in [1.54, 1.807) is 18.2 Å². The number of carbonyl (C=O) groups is 1. The van der Waals surface area contributed by atoms with E-state index < -0.39 is 33.6 Å². The van der Waals surface area contributed by atoms with Crippen LogP contribution in [0.2, 0.25) is 5.02 Å². The van der Waals surface area contributed by atoms with Gasteiger partial charge >= 0.3 is 6.18 Å². The van der Waals surface area contributed by atoms with Gasteiger partial charge in [0, 0.05) is 13.1 Å². The molecule has 156 valence electrons. The second-order valence-corrected chi connectivity index (χ2v) is 9.04. The Hall–Kier alpha value is -2.10. The Morgan fingerprint density at radius 2 is 1.83 bits per heavy atom. The molecule has 1 amide bonds. The normalized spacial score (nSPS) is 18.4. The van der Waals surface area contributed by atoms with Crippen molar-refractivity contribution in [1.29, 1.82) is 0 Å². The second kappa shape index (κ2) is 8.33. The smallest absolute Gasteiger partial charge is 0.324 e. The molecule has 0 saturated carbocycles. The molecule has 1 aliphatic rings. The molecule has 2 aromatic rings. The van der Waals surface area contributed by atoms with Crippen molar-refractivity contribution in [3.05, 3.63) is 59.1 Å². The van der Waals surface area contributed by atoms with E-state index in [2.05, 4.69) is 5.32 Å². The maximum Gasteiger partial charge on any atom is 0.416 e. The van der Waals surface area contributed by atoms with Crippen LogP contribution < -0.4 is 5.32 Å². The topological polar surface area (TPSA) is 66.5 Å². The van der Waals surface area contributed by atoms with E-state index in [9.17, 15) is 26.4 Å². The number of hydrogen-bond acceptors (Lipinski definition) is 3. The lowest BCUT2D eigenvalue weighted by atomic mass is 9.98. The number of nitrogens with one attached hydrogen (secondary N) is 1. The maximum absolute atomic E-state index is 12.9. The fourth-order valence-electron chi connectivity index (χ4n) is 3.15. The molecule has 10 heteroatoms. The van der Waals surface area contributed by atoms with E-state index in [0.29, 0.717) is 12.8 Å². The lowest BCUT2D eigenvalue weighted by Crippen LogP contribution is -2.43. The average Bonchev–Trinajstić information content (AvgIpc) is 2.69. The Labute approximate surface area is 171 Å². The molecule has 0 aromatic heterocycles. The standard InChI is InChI=1S/C19H18ClF3N2O3S/c20-16-9-8-14(19(21,22)23)11-17(16)24-18(26)13-5-4-10-25(12-13)29(27,28)15-6-2-1-3-7-15/h1-3,6-9,11,13H,4-5,10,12H2,(H,24,26). The van der Waals surface area contributed by atoms with Gasteiger partial charge < -0.3 is 5.32 Å². The first-order valence-corrected chi connectivity index (χ1v) is 10.6. The Kier molecular flexibility index (Phi) is 6.21. The van der Waals surface area contributed by atoms with Crippen LogP contribution in [0.25, 0.3) is 0 Å². The number of hydrogen-bond donors (Lipinski definition) is 1. The van der Waals surface area contributed by atoms with Crippen LogP contribution in [0, 0.1) is 5.92 Å². The van der Waals surface area contributed by atoms with Gasteiger partial charge in [-0.1, -0.05) is 29.8 Å². The highest BCUT2D eigenvalue weighted by Crippen LogP contribution is 2.34. The SMILES string of the molecule is O=C(Nc1cc(C(F)(F)F)ccc1Cl)C1CCCN(S(=O)(=O)c2ccccc2)C1. The summed E-state index contributed by atoms with van der Waals surface area (Å²) in [5, 5.41) is 2.38. The Morgan fingerprint density at radius 3 is 2.48 bits per heavy atom. The largest absolute Gasteiger partial charge is 0.416 e. The summed E-state index contributed by atoms with van der Waals surface area (Å²) >= 11 is 5.92. The molecule has 0 aliphatic carbocycles. The first kappa shape index (κ1) is 21.6. The summed E-state index contributed by atoms with van der Waals surface area (Å²) in [7, 11) is -3.76. The molecule has 2 aromatic carbocycles. The van der Waals surface area contributed by atoms with E-state index in [-0.39, 0.29) is 28.7 Å².